The maximum Gasteiger partial charge on any atom is 0.417 e. The van der Waals surface area contributed by atoms with E-state index in [-0.39, 0.29) is 11.6 Å². The molecule has 0 bridgehead atoms. The Labute approximate surface area is 123 Å². The van der Waals surface area contributed by atoms with Crippen LogP contribution in [-0.4, -0.2) is 33.7 Å². The summed E-state index contributed by atoms with van der Waals surface area (Å²) >= 11 is 3.54. The van der Waals surface area contributed by atoms with Crippen LogP contribution in [0.3, 0.4) is 0 Å². The molecule has 1 fully saturated rings. The summed E-state index contributed by atoms with van der Waals surface area (Å²) in [5.41, 5.74) is -0.792. The van der Waals surface area contributed by atoms with Crippen LogP contribution in [0.4, 0.5) is 13.2 Å². The van der Waals surface area contributed by atoms with Crippen molar-refractivity contribution in [2.45, 2.75) is 24.3 Å². The highest BCUT2D eigenvalue weighted by Gasteiger charge is 2.32. The Bertz CT molecular complexity index is 489. The summed E-state index contributed by atoms with van der Waals surface area (Å²) in [6.45, 7) is 3.19. The summed E-state index contributed by atoms with van der Waals surface area (Å²) < 4.78 is 37.3. The molecule has 1 aliphatic heterocycles. The number of carbonyl (C=O) groups is 1. The van der Waals surface area contributed by atoms with Crippen molar-refractivity contribution in [3.05, 3.63) is 29.6 Å². The van der Waals surface area contributed by atoms with Gasteiger partial charge in [0.2, 0.25) is 0 Å². The van der Waals surface area contributed by atoms with E-state index >= 15 is 0 Å². The summed E-state index contributed by atoms with van der Waals surface area (Å²) in [5, 5.41) is 0. The summed E-state index contributed by atoms with van der Waals surface area (Å²) in [6.07, 6.45) is -2.90. The Morgan fingerprint density at radius 1 is 1.45 bits per heavy atom. The number of piperidine rings is 1. The zero-order chi connectivity index (χ0) is 14.9. The first-order valence-electron chi connectivity index (χ1n) is 6.25. The van der Waals surface area contributed by atoms with Gasteiger partial charge in [0.05, 0.1) is 5.56 Å². The lowest BCUT2D eigenvalue weighted by Crippen LogP contribution is -2.43. The molecule has 0 N–H and O–H groups in total. The van der Waals surface area contributed by atoms with E-state index in [0.717, 1.165) is 18.6 Å². The van der Waals surface area contributed by atoms with Crippen molar-refractivity contribution in [1.82, 2.24) is 9.88 Å². The van der Waals surface area contributed by atoms with Crippen molar-refractivity contribution in [2.24, 2.45) is 5.92 Å². The summed E-state index contributed by atoms with van der Waals surface area (Å²) in [5.74, 6) is -0.00729. The molecule has 2 heterocycles. The Morgan fingerprint density at radius 3 is 2.65 bits per heavy atom. The van der Waals surface area contributed by atoms with Crippen LogP contribution in [0.1, 0.15) is 29.4 Å². The van der Waals surface area contributed by atoms with Gasteiger partial charge in [-0.25, -0.2) is 0 Å². The van der Waals surface area contributed by atoms with Gasteiger partial charge in [0.25, 0.3) is 5.91 Å². The average Bonchev–Trinajstić information content (AvgIpc) is 2.40. The molecule has 0 radical (unpaired) electrons. The molecular formula is C13H14BrF3N2O. The van der Waals surface area contributed by atoms with Gasteiger partial charge in [0, 0.05) is 24.1 Å². The topological polar surface area (TPSA) is 33.2 Å². The van der Waals surface area contributed by atoms with Crippen LogP contribution in [0.15, 0.2) is 18.3 Å². The van der Waals surface area contributed by atoms with Crippen LogP contribution in [-0.2, 0) is 6.18 Å². The summed E-state index contributed by atoms with van der Waals surface area (Å²) in [4.78, 5) is 17.8. The zero-order valence-corrected chi connectivity index (χ0v) is 12.4. The van der Waals surface area contributed by atoms with Gasteiger partial charge in [-0.15, -0.1) is 0 Å². The van der Waals surface area contributed by atoms with E-state index in [2.05, 4.69) is 20.9 Å². The van der Waals surface area contributed by atoms with Crippen LogP contribution in [0, 0.1) is 5.92 Å². The molecule has 20 heavy (non-hydrogen) atoms. The molecule has 1 aromatic heterocycles. The number of pyridine rings is 1. The zero-order valence-electron chi connectivity index (χ0n) is 10.8. The van der Waals surface area contributed by atoms with Crippen molar-refractivity contribution in [3.63, 3.8) is 0 Å². The smallest absolute Gasteiger partial charge is 0.337 e. The third kappa shape index (κ3) is 3.31. The number of hydrogen-bond acceptors (Lipinski definition) is 2. The van der Waals surface area contributed by atoms with E-state index in [1.807, 2.05) is 6.92 Å². The molecule has 1 aliphatic rings. The highest BCUT2D eigenvalue weighted by molar-refractivity contribution is 9.09. The number of alkyl halides is 4. The van der Waals surface area contributed by atoms with Gasteiger partial charge in [0.15, 0.2) is 0 Å². The first-order valence-corrected chi connectivity index (χ1v) is 7.17. The molecule has 0 aliphatic carbocycles. The van der Waals surface area contributed by atoms with Crippen LogP contribution < -0.4 is 0 Å². The number of carbonyl (C=O) groups excluding carboxylic acids is 1. The van der Waals surface area contributed by atoms with E-state index in [1.54, 1.807) is 4.90 Å². The molecule has 1 saturated heterocycles. The monoisotopic (exact) mass is 350 g/mol. The fourth-order valence-electron chi connectivity index (χ4n) is 2.15. The molecule has 3 nitrogen and oxygen atoms in total. The van der Waals surface area contributed by atoms with Crippen molar-refractivity contribution < 1.29 is 18.0 Å². The predicted molar refractivity (Wildman–Crippen MR) is 71.6 cm³/mol. The molecule has 7 heteroatoms. The largest absolute Gasteiger partial charge is 0.417 e. The molecule has 1 amide bonds. The highest BCUT2D eigenvalue weighted by atomic mass is 79.9. The average molecular weight is 351 g/mol. The molecule has 1 aromatic rings. The minimum Gasteiger partial charge on any atom is -0.337 e. The van der Waals surface area contributed by atoms with Gasteiger partial charge >= 0.3 is 6.18 Å². The second kappa shape index (κ2) is 5.71. The molecule has 0 saturated carbocycles. The maximum atomic E-state index is 12.4. The van der Waals surface area contributed by atoms with E-state index in [0.29, 0.717) is 30.0 Å². The fourth-order valence-corrected chi connectivity index (χ4v) is 2.52. The van der Waals surface area contributed by atoms with E-state index in [9.17, 15) is 18.0 Å². The lowest BCUT2D eigenvalue weighted by atomic mass is 10.00. The highest BCUT2D eigenvalue weighted by Crippen LogP contribution is 2.29. The molecule has 2 atom stereocenters. The Morgan fingerprint density at radius 2 is 2.15 bits per heavy atom. The quantitative estimate of drug-likeness (QED) is 0.727. The molecular weight excluding hydrogens is 337 g/mol. The number of amides is 1. The van der Waals surface area contributed by atoms with Crippen LogP contribution in [0.5, 0.6) is 0 Å². The Hall–Kier alpha value is -1.11. The molecule has 110 valence electrons. The fraction of sp³-hybridized carbons (Fsp3) is 0.538. The molecule has 2 rings (SSSR count). The number of likely N-dealkylation sites (tertiary alicyclic amines) is 1. The van der Waals surface area contributed by atoms with Gasteiger partial charge in [0.1, 0.15) is 5.69 Å². The predicted octanol–water partition coefficient (Wildman–Crippen LogP) is 3.35. The standard InChI is InChI=1S/C13H14BrF3N2O/c1-8-7-19(5-4-10(8)14)12(20)11-3-2-9(6-18-11)13(15,16)17/h2-3,6,8,10H,4-5,7H2,1H3. The lowest BCUT2D eigenvalue weighted by molar-refractivity contribution is -0.137. The second-order valence-corrected chi connectivity index (χ2v) is 6.14. The van der Waals surface area contributed by atoms with E-state index in [4.69, 9.17) is 0 Å². The minimum absolute atomic E-state index is 0.0539. The van der Waals surface area contributed by atoms with Crippen LogP contribution in [0.2, 0.25) is 0 Å². The van der Waals surface area contributed by atoms with Crippen LogP contribution in [0.25, 0.3) is 0 Å². The SMILES string of the molecule is CC1CN(C(=O)c2ccc(C(F)(F)F)cn2)CCC1Br. The van der Waals surface area contributed by atoms with Crippen LogP contribution >= 0.6 is 15.9 Å². The Balaban J connectivity index is 2.10. The van der Waals surface area contributed by atoms with Crippen molar-refractivity contribution in [2.75, 3.05) is 13.1 Å². The first kappa shape index (κ1) is 15.3. The minimum atomic E-state index is -4.43. The van der Waals surface area contributed by atoms with Gasteiger partial charge < -0.3 is 4.90 Å². The first-order chi connectivity index (χ1) is 9.29. The second-order valence-electron chi connectivity index (χ2n) is 4.96. The molecule has 2 unspecified atom stereocenters. The lowest BCUT2D eigenvalue weighted by Gasteiger charge is -2.34. The van der Waals surface area contributed by atoms with Crippen molar-refractivity contribution in [3.8, 4) is 0 Å². The van der Waals surface area contributed by atoms with Gasteiger partial charge in [-0.1, -0.05) is 22.9 Å². The van der Waals surface area contributed by atoms with Crippen molar-refractivity contribution in [1.29, 1.82) is 0 Å². The number of halogens is 4. The van der Waals surface area contributed by atoms with Gasteiger partial charge in [-0.05, 0) is 24.5 Å². The molecule has 0 aromatic carbocycles. The summed E-state index contributed by atoms with van der Waals surface area (Å²) in [6, 6.07) is 2.02. The number of nitrogens with zero attached hydrogens (tertiary/aromatic N) is 2. The van der Waals surface area contributed by atoms with Crippen molar-refractivity contribution >= 4 is 21.8 Å². The number of rotatable bonds is 1. The maximum absolute atomic E-state index is 12.4. The van der Waals surface area contributed by atoms with E-state index in [1.165, 1.54) is 0 Å². The Kier molecular flexibility index (Phi) is 4.36. The van der Waals surface area contributed by atoms with E-state index < -0.39 is 11.7 Å². The number of hydrogen-bond donors (Lipinski definition) is 0. The molecule has 0 spiro atoms. The summed E-state index contributed by atoms with van der Waals surface area (Å²) in [7, 11) is 0. The van der Waals surface area contributed by atoms with Gasteiger partial charge in [-0.3, -0.25) is 9.78 Å². The van der Waals surface area contributed by atoms with Gasteiger partial charge in [-0.2, -0.15) is 13.2 Å². The number of aromatic nitrogens is 1. The third-order valence-electron chi connectivity index (χ3n) is 3.40. The third-order valence-corrected chi connectivity index (χ3v) is 4.76. The normalized spacial score (nSPS) is 23.8.